The van der Waals surface area contributed by atoms with E-state index in [4.69, 9.17) is 4.74 Å². The van der Waals surface area contributed by atoms with Crippen molar-refractivity contribution in [1.29, 1.82) is 0 Å². The van der Waals surface area contributed by atoms with Gasteiger partial charge in [-0.15, -0.1) is 0 Å². The van der Waals surface area contributed by atoms with E-state index in [2.05, 4.69) is 17.6 Å². The van der Waals surface area contributed by atoms with Crippen molar-refractivity contribution < 1.29 is 9.53 Å². The summed E-state index contributed by atoms with van der Waals surface area (Å²) in [5.41, 5.74) is 0.0490. The lowest BCUT2D eigenvalue weighted by atomic mass is 10.00. The molecule has 1 rings (SSSR count). The van der Waals surface area contributed by atoms with Gasteiger partial charge in [-0.1, -0.05) is 0 Å². The zero-order valence-corrected chi connectivity index (χ0v) is 9.22. The van der Waals surface area contributed by atoms with Crippen LogP contribution < -0.4 is 10.6 Å². The third kappa shape index (κ3) is 3.27. The van der Waals surface area contributed by atoms with E-state index in [1.807, 2.05) is 6.92 Å². The van der Waals surface area contributed by atoms with Crippen molar-refractivity contribution in [1.82, 2.24) is 10.6 Å². The molecule has 1 amide bonds. The third-order valence-corrected chi connectivity index (χ3v) is 2.58. The zero-order chi connectivity index (χ0) is 10.6. The number of rotatable bonds is 4. The minimum Gasteiger partial charge on any atom is -0.379 e. The second-order valence-corrected chi connectivity index (χ2v) is 4.29. The van der Waals surface area contributed by atoms with E-state index in [0.29, 0.717) is 6.42 Å². The second-order valence-electron chi connectivity index (χ2n) is 4.29. The maximum Gasteiger partial charge on any atom is 0.221 e. The Morgan fingerprint density at radius 3 is 2.86 bits per heavy atom. The molecule has 0 aromatic rings. The molecule has 1 aliphatic heterocycles. The molecule has 82 valence electrons. The molecule has 1 saturated heterocycles. The van der Waals surface area contributed by atoms with Crippen LogP contribution in [0.1, 0.15) is 26.7 Å². The first kappa shape index (κ1) is 11.5. The highest BCUT2D eigenvalue weighted by Gasteiger charge is 2.30. The fourth-order valence-corrected chi connectivity index (χ4v) is 1.81. The Kier molecular flexibility index (Phi) is 3.89. The average Bonchev–Trinajstić information content (AvgIpc) is 2.51. The van der Waals surface area contributed by atoms with Gasteiger partial charge >= 0.3 is 0 Å². The SMILES string of the molecule is CNC(=O)CC(C)NC1(C)CCOC1. The van der Waals surface area contributed by atoms with Gasteiger partial charge in [0.1, 0.15) is 0 Å². The number of amides is 1. The standard InChI is InChI=1S/C10H20N2O2/c1-8(6-9(13)11-3)12-10(2)4-5-14-7-10/h8,12H,4-7H2,1-3H3,(H,11,13). The molecule has 14 heavy (non-hydrogen) atoms. The molecule has 1 aliphatic rings. The molecule has 4 nitrogen and oxygen atoms in total. The number of hydrogen-bond donors (Lipinski definition) is 2. The minimum atomic E-state index is 0.0490. The topological polar surface area (TPSA) is 50.4 Å². The van der Waals surface area contributed by atoms with Crippen molar-refractivity contribution >= 4 is 5.91 Å². The summed E-state index contributed by atoms with van der Waals surface area (Å²) in [7, 11) is 1.66. The Balaban J connectivity index is 2.32. The summed E-state index contributed by atoms with van der Waals surface area (Å²) in [5.74, 6) is 0.0764. The number of carbonyl (C=O) groups is 1. The Morgan fingerprint density at radius 2 is 2.36 bits per heavy atom. The van der Waals surface area contributed by atoms with E-state index < -0.39 is 0 Å². The minimum absolute atomic E-state index is 0.0490. The van der Waals surface area contributed by atoms with E-state index in [9.17, 15) is 4.79 Å². The van der Waals surface area contributed by atoms with Crippen molar-refractivity contribution in [3.8, 4) is 0 Å². The van der Waals surface area contributed by atoms with Gasteiger partial charge in [0.25, 0.3) is 0 Å². The molecule has 2 atom stereocenters. The lowest BCUT2D eigenvalue weighted by Gasteiger charge is -2.27. The summed E-state index contributed by atoms with van der Waals surface area (Å²) in [6, 6.07) is 0.196. The third-order valence-electron chi connectivity index (χ3n) is 2.58. The monoisotopic (exact) mass is 200 g/mol. The molecule has 4 heteroatoms. The molecule has 2 N–H and O–H groups in total. The fraction of sp³-hybridized carbons (Fsp3) is 0.900. The molecule has 2 unspecified atom stereocenters. The molecule has 1 heterocycles. The fourth-order valence-electron chi connectivity index (χ4n) is 1.81. The Labute approximate surface area is 85.4 Å². The van der Waals surface area contributed by atoms with Gasteiger partial charge in [0.2, 0.25) is 5.91 Å². The van der Waals surface area contributed by atoms with Gasteiger partial charge in [-0.2, -0.15) is 0 Å². The van der Waals surface area contributed by atoms with E-state index in [-0.39, 0.29) is 17.5 Å². The number of ether oxygens (including phenoxy) is 1. The van der Waals surface area contributed by atoms with Crippen LogP contribution in [0, 0.1) is 0 Å². The zero-order valence-electron chi connectivity index (χ0n) is 9.22. The summed E-state index contributed by atoms with van der Waals surface area (Å²) in [6.07, 6.45) is 1.54. The molecular formula is C10H20N2O2. The van der Waals surface area contributed by atoms with Crippen molar-refractivity contribution in [3.05, 3.63) is 0 Å². The lowest BCUT2D eigenvalue weighted by molar-refractivity contribution is -0.121. The van der Waals surface area contributed by atoms with E-state index >= 15 is 0 Å². The van der Waals surface area contributed by atoms with Gasteiger partial charge in [0.05, 0.1) is 6.61 Å². The van der Waals surface area contributed by atoms with Crippen LogP contribution in [0.25, 0.3) is 0 Å². The second kappa shape index (κ2) is 4.75. The van der Waals surface area contributed by atoms with Gasteiger partial charge in [-0.05, 0) is 20.3 Å². The van der Waals surface area contributed by atoms with E-state index in [1.165, 1.54) is 0 Å². The lowest BCUT2D eigenvalue weighted by Crippen LogP contribution is -2.48. The highest BCUT2D eigenvalue weighted by Crippen LogP contribution is 2.18. The predicted octanol–water partition coefficient (Wildman–Crippen LogP) is 0.280. The molecule has 0 spiro atoms. The van der Waals surface area contributed by atoms with Crippen LogP contribution in [0.4, 0.5) is 0 Å². The summed E-state index contributed by atoms with van der Waals surface area (Å²) in [4.78, 5) is 11.1. The summed E-state index contributed by atoms with van der Waals surface area (Å²) in [5, 5.41) is 6.06. The average molecular weight is 200 g/mol. The van der Waals surface area contributed by atoms with Crippen LogP contribution in [0.15, 0.2) is 0 Å². The number of carbonyl (C=O) groups excluding carboxylic acids is 1. The molecule has 0 bridgehead atoms. The first-order valence-corrected chi connectivity index (χ1v) is 5.12. The van der Waals surface area contributed by atoms with Crippen LogP contribution in [-0.4, -0.2) is 37.7 Å². The quantitative estimate of drug-likeness (QED) is 0.685. The first-order chi connectivity index (χ1) is 6.56. The van der Waals surface area contributed by atoms with Gasteiger partial charge in [-0.3, -0.25) is 4.79 Å². The van der Waals surface area contributed by atoms with Crippen LogP contribution in [0.2, 0.25) is 0 Å². The van der Waals surface area contributed by atoms with Crippen molar-refractivity contribution in [2.24, 2.45) is 0 Å². The highest BCUT2D eigenvalue weighted by atomic mass is 16.5. The van der Waals surface area contributed by atoms with Gasteiger partial charge in [0.15, 0.2) is 0 Å². The van der Waals surface area contributed by atoms with Crippen LogP contribution in [0.3, 0.4) is 0 Å². The smallest absolute Gasteiger partial charge is 0.221 e. The van der Waals surface area contributed by atoms with E-state index in [1.54, 1.807) is 7.05 Å². The van der Waals surface area contributed by atoms with Gasteiger partial charge in [-0.25, -0.2) is 0 Å². The molecular weight excluding hydrogens is 180 g/mol. The Hall–Kier alpha value is -0.610. The van der Waals surface area contributed by atoms with Crippen molar-refractivity contribution in [2.75, 3.05) is 20.3 Å². The molecule has 0 aliphatic carbocycles. The van der Waals surface area contributed by atoms with Crippen molar-refractivity contribution in [2.45, 2.75) is 38.3 Å². The molecule has 0 aromatic carbocycles. The molecule has 0 aromatic heterocycles. The van der Waals surface area contributed by atoms with Crippen LogP contribution >= 0.6 is 0 Å². The molecule has 0 radical (unpaired) electrons. The van der Waals surface area contributed by atoms with E-state index in [0.717, 1.165) is 19.6 Å². The highest BCUT2D eigenvalue weighted by molar-refractivity contribution is 5.76. The van der Waals surface area contributed by atoms with Crippen LogP contribution in [0.5, 0.6) is 0 Å². The maximum atomic E-state index is 11.1. The molecule has 1 fully saturated rings. The maximum absolute atomic E-state index is 11.1. The predicted molar refractivity (Wildman–Crippen MR) is 55.1 cm³/mol. The number of hydrogen-bond acceptors (Lipinski definition) is 3. The summed E-state index contributed by atoms with van der Waals surface area (Å²) < 4.78 is 5.33. The Bertz CT molecular complexity index is 200. The largest absolute Gasteiger partial charge is 0.379 e. The Morgan fingerprint density at radius 1 is 1.64 bits per heavy atom. The van der Waals surface area contributed by atoms with Crippen molar-refractivity contribution in [3.63, 3.8) is 0 Å². The molecule has 0 saturated carbocycles. The summed E-state index contributed by atoms with van der Waals surface area (Å²) in [6.45, 7) is 5.72. The number of nitrogens with one attached hydrogen (secondary N) is 2. The first-order valence-electron chi connectivity index (χ1n) is 5.12. The normalized spacial score (nSPS) is 28.8. The van der Waals surface area contributed by atoms with Gasteiger partial charge < -0.3 is 15.4 Å². The van der Waals surface area contributed by atoms with Crippen LogP contribution in [-0.2, 0) is 9.53 Å². The van der Waals surface area contributed by atoms with Gasteiger partial charge in [0, 0.05) is 31.7 Å². The summed E-state index contributed by atoms with van der Waals surface area (Å²) >= 11 is 0.